The third kappa shape index (κ3) is 6.19. The zero-order chi connectivity index (χ0) is 33.1. The lowest BCUT2D eigenvalue weighted by atomic mass is 9.50. The lowest BCUT2D eigenvalue weighted by molar-refractivity contribution is -0.275. The van der Waals surface area contributed by atoms with Crippen molar-refractivity contribution in [1.82, 2.24) is 10.6 Å². The summed E-state index contributed by atoms with van der Waals surface area (Å²) in [6.45, 7) is 5.16. The van der Waals surface area contributed by atoms with Gasteiger partial charge >= 0.3 is 12.7 Å². The minimum absolute atomic E-state index is 0.104. The summed E-state index contributed by atoms with van der Waals surface area (Å²) in [5.41, 5.74) is 1.50. The van der Waals surface area contributed by atoms with E-state index < -0.39 is 30.3 Å². The van der Waals surface area contributed by atoms with Crippen molar-refractivity contribution in [3.63, 3.8) is 0 Å². The van der Waals surface area contributed by atoms with Crippen molar-refractivity contribution in [1.29, 1.82) is 0 Å². The fourth-order valence-electron chi connectivity index (χ4n) is 8.90. The van der Waals surface area contributed by atoms with Crippen LogP contribution in [0, 0.1) is 34.5 Å². The van der Waals surface area contributed by atoms with Crippen LogP contribution in [0.5, 0.6) is 11.5 Å². The largest absolute Gasteiger partial charge is 0.573 e. The quantitative estimate of drug-likeness (QED) is 0.315. The second-order valence-corrected chi connectivity index (χ2v) is 13.5. The van der Waals surface area contributed by atoms with E-state index >= 15 is 0 Å². The summed E-state index contributed by atoms with van der Waals surface area (Å²) in [6.07, 6.45) is -3.36. The number of hydrogen-bond acceptors (Lipinski definition) is 5. The number of halogens is 6. The number of hydrogen-bond donors (Lipinski definition) is 2. The highest BCUT2D eigenvalue weighted by atomic mass is 19.4. The van der Waals surface area contributed by atoms with Crippen LogP contribution in [0.2, 0.25) is 0 Å². The molecule has 2 aromatic rings. The van der Waals surface area contributed by atoms with Gasteiger partial charge in [0.05, 0.1) is 6.04 Å². The van der Waals surface area contributed by atoms with Gasteiger partial charge in [0.2, 0.25) is 5.91 Å². The van der Waals surface area contributed by atoms with Crippen LogP contribution in [-0.4, -0.2) is 31.0 Å². The highest BCUT2D eigenvalue weighted by Crippen LogP contribution is 2.64. The summed E-state index contributed by atoms with van der Waals surface area (Å²) in [5, 5.41) is 6.64. The van der Waals surface area contributed by atoms with E-state index in [0.29, 0.717) is 35.8 Å². The van der Waals surface area contributed by atoms with Crippen LogP contribution in [0.1, 0.15) is 69.5 Å². The lowest BCUT2D eigenvalue weighted by Gasteiger charge is -2.58. The van der Waals surface area contributed by atoms with Crippen LogP contribution in [0.3, 0.4) is 0 Å². The van der Waals surface area contributed by atoms with Gasteiger partial charge in [-0.25, -0.2) is 0 Å². The first-order chi connectivity index (χ1) is 21.6. The molecule has 4 unspecified atom stereocenters. The molecule has 0 spiro atoms. The standard InChI is InChI=1S/C34H36F6N2O4/c1-31-16-14-26-24(18-41-28-17-21(43)13-15-32(26,28)2)25(31)11-12-27(31)30(44)42-29(19-3-7-22(8-4-19)45-33(35,36)37)20-5-9-23(10-6-20)46-34(38,39)40/h3-10,17,24-27,29,41H,11-16,18H2,1-2H3,(H,42,44)/t24?,25?,26?,27?,31-,32+/m0/s1. The number of rotatable bonds is 6. The van der Waals surface area contributed by atoms with Gasteiger partial charge in [-0.3, -0.25) is 9.59 Å². The van der Waals surface area contributed by atoms with Crippen molar-refractivity contribution in [2.45, 2.75) is 71.1 Å². The van der Waals surface area contributed by atoms with Gasteiger partial charge in [-0.2, -0.15) is 0 Å². The van der Waals surface area contributed by atoms with Crippen LogP contribution in [0.15, 0.2) is 60.3 Å². The number of carbonyl (C=O) groups excluding carboxylic acids is 2. The minimum Gasteiger partial charge on any atom is -0.406 e. The van der Waals surface area contributed by atoms with E-state index in [9.17, 15) is 35.9 Å². The second kappa shape index (κ2) is 11.5. The van der Waals surface area contributed by atoms with Gasteiger partial charge in [0.1, 0.15) is 11.5 Å². The Bertz CT molecular complexity index is 1450. The van der Waals surface area contributed by atoms with Crippen molar-refractivity contribution in [3.05, 3.63) is 71.4 Å². The van der Waals surface area contributed by atoms with Gasteiger partial charge in [-0.1, -0.05) is 38.1 Å². The summed E-state index contributed by atoms with van der Waals surface area (Å²) >= 11 is 0. The molecule has 12 heteroatoms. The van der Waals surface area contributed by atoms with Gasteiger partial charge in [0.15, 0.2) is 5.78 Å². The Morgan fingerprint density at radius 1 is 0.848 bits per heavy atom. The summed E-state index contributed by atoms with van der Waals surface area (Å²) in [4.78, 5) is 26.3. The van der Waals surface area contributed by atoms with E-state index in [-0.39, 0.29) is 34.4 Å². The van der Waals surface area contributed by atoms with E-state index in [1.54, 1.807) is 6.08 Å². The van der Waals surface area contributed by atoms with E-state index in [4.69, 9.17) is 0 Å². The molecular weight excluding hydrogens is 614 g/mol. The summed E-state index contributed by atoms with van der Waals surface area (Å²) < 4.78 is 84.6. The van der Waals surface area contributed by atoms with Gasteiger partial charge < -0.3 is 20.1 Å². The topological polar surface area (TPSA) is 76.7 Å². The number of ketones is 1. The van der Waals surface area contributed by atoms with E-state index in [2.05, 4.69) is 34.0 Å². The molecule has 0 radical (unpaired) electrons. The Balaban J connectivity index is 1.24. The van der Waals surface area contributed by atoms with Gasteiger partial charge in [-0.05, 0) is 90.7 Å². The molecule has 1 aliphatic heterocycles. The first-order valence-corrected chi connectivity index (χ1v) is 15.6. The van der Waals surface area contributed by atoms with Crippen molar-refractivity contribution in [3.8, 4) is 11.5 Å². The Kier molecular flexibility index (Phi) is 8.08. The molecule has 0 bridgehead atoms. The molecule has 6 atom stereocenters. The van der Waals surface area contributed by atoms with Crippen molar-refractivity contribution in [2.24, 2.45) is 34.5 Å². The molecule has 2 aromatic carbocycles. The molecule has 6 rings (SSSR count). The average Bonchev–Trinajstić information content (AvgIpc) is 3.33. The van der Waals surface area contributed by atoms with Crippen molar-refractivity contribution in [2.75, 3.05) is 6.54 Å². The van der Waals surface area contributed by atoms with Crippen molar-refractivity contribution >= 4 is 11.7 Å². The number of fused-ring (bicyclic) bond motifs is 5. The number of allylic oxidation sites excluding steroid dienone is 2. The predicted octanol–water partition coefficient (Wildman–Crippen LogP) is 7.60. The maximum Gasteiger partial charge on any atom is 0.573 e. The number of amides is 1. The highest BCUT2D eigenvalue weighted by molar-refractivity contribution is 5.91. The molecule has 248 valence electrons. The molecule has 2 N–H and O–H groups in total. The average molecular weight is 651 g/mol. The predicted molar refractivity (Wildman–Crippen MR) is 155 cm³/mol. The normalized spacial score (nSPS) is 30.8. The third-order valence-corrected chi connectivity index (χ3v) is 11.1. The van der Waals surface area contributed by atoms with Gasteiger partial charge in [0, 0.05) is 36.1 Å². The van der Waals surface area contributed by atoms with E-state index in [1.165, 1.54) is 24.3 Å². The smallest absolute Gasteiger partial charge is 0.406 e. The fourth-order valence-corrected chi connectivity index (χ4v) is 8.90. The molecule has 1 saturated heterocycles. The van der Waals surface area contributed by atoms with Gasteiger partial charge in [-0.15, -0.1) is 26.3 Å². The first kappa shape index (κ1) is 32.2. The molecule has 2 saturated carbocycles. The molecular formula is C34H36F6N2O4. The number of nitrogens with one attached hydrogen (secondary N) is 2. The van der Waals surface area contributed by atoms with Crippen molar-refractivity contribution < 1.29 is 45.4 Å². The summed E-state index contributed by atoms with van der Waals surface area (Å²) in [6, 6.07) is 9.26. The van der Waals surface area contributed by atoms with E-state index in [1.807, 2.05) is 0 Å². The van der Waals surface area contributed by atoms with Crippen LogP contribution in [-0.2, 0) is 9.59 Å². The molecule has 1 amide bonds. The molecule has 3 fully saturated rings. The number of piperidine rings is 1. The van der Waals surface area contributed by atoms with Crippen LogP contribution in [0.4, 0.5) is 26.3 Å². The van der Waals surface area contributed by atoms with Crippen LogP contribution in [0.25, 0.3) is 0 Å². The molecule has 4 aliphatic rings. The first-order valence-electron chi connectivity index (χ1n) is 15.6. The molecule has 0 aromatic heterocycles. The maximum atomic E-state index is 14.1. The SMILES string of the molecule is C[C@]12CCC3C(CNC4=CC(=O)CC[C@@]43C)C1CCC2C(=O)NC(c1ccc(OC(F)(F)F)cc1)c1ccc(OC(F)(F)F)cc1. The zero-order valence-corrected chi connectivity index (χ0v) is 25.4. The van der Waals surface area contributed by atoms with Gasteiger partial charge in [0.25, 0.3) is 0 Å². The number of carbonyl (C=O) groups is 2. The maximum absolute atomic E-state index is 14.1. The lowest BCUT2D eigenvalue weighted by Crippen LogP contribution is -2.57. The fraction of sp³-hybridized carbons (Fsp3) is 0.529. The Hall–Kier alpha value is -3.70. The Morgan fingerprint density at radius 3 is 1.96 bits per heavy atom. The molecule has 6 nitrogen and oxygen atoms in total. The molecule has 3 aliphatic carbocycles. The number of benzene rings is 2. The minimum atomic E-state index is -4.88. The second-order valence-electron chi connectivity index (χ2n) is 13.5. The summed E-state index contributed by atoms with van der Waals surface area (Å²) in [7, 11) is 0. The zero-order valence-electron chi connectivity index (χ0n) is 25.4. The number of ether oxygens (including phenoxy) is 2. The molecule has 46 heavy (non-hydrogen) atoms. The summed E-state index contributed by atoms with van der Waals surface area (Å²) in [5.74, 6) is -0.252. The Labute approximate surface area is 262 Å². The molecule has 1 heterocycles. The Morgan fingerprint density at radius 2 is 1.41 bits per heavy atom. The monoisotopic (exact) mass is 650 g/mol. The third-order valence-electron chi connectivity index (χ3n) is 11.1. The van der Waals surface area contributed by atoms with Crippen LogP contribution >= 0.6 is 0 Å². The highest BCUT2D eigenvalue weighted by Gasteiger charge is 2.60. The van der Waals surface area contributed by atoms with Crippen LogP contribution < -0.4 is 20.1 Å². The number of alkyl halides is 6. The van der Waals surface area contributed by atoms with E-state index in [0.717, 1.165) is 62.2 Å².